The van der Waals surface area contributed by atoms with E-state index in [1.807, 2.05) is 19.2 Å². The third-order valence-electron chi connectivity index (χ3n) is 2.09. The lowest BCUT2D eigenvalue weighted by Gasteiger charge is -2.06. The summed E-state index contributed by atoms with van der Waals surface area (Å²) in [6.45, 7) is 3.06. The predicted molar refractivity (Wildman–Crippen MR) is 65.2 cm³/mol. The molecule has 0 aliphatic rings. The number of nitrogens with zero attached hydrogens (tertiary/aromatic N) is 1. The van der Waals surface area contributed by atoms with Crippen LogP contribution in [-0.2, 0) is 16.0 Å². The van der Waals surface area contributed by atoms with Crippen molar-refractivity contribution in [3.05, 3.63) is 23.9 Å². The molecule has 0 radical (unpaired) electrons. The Kier molecular flexibility index (Phi) is 7.29. The number of rotatable bonds is 9. The zero-order valence-electron chi connectivity index (χ0n) is 10.4. The van der Waals surface area contributed by atoms with Crippen LogP contribution in [0, 0.1) is 0 Å². The molecule has 0 fully saturated rings. The summed E-state index contributed by atoms with van der Waals surface area (Å²) in [6, 6.07) is 3.85. The minimum absolute atomic E-state index is 0.502. The van der Waals surface area contributed by atoms with E-state index >= 15 is 0 Å². The molecule has 0 saturated carbocycles. The quantitative estimate of drug-likeness (QED) is 0.648. The monoisotopic (exact) mass is 240 g/mol. The van der Waals surface area contributed by atoms with Crippen molar-refractivity contribution in [1.82, 2.24) is 10.3 Å². The molecule has 5 nitrogen and oxygen atoms in total. The van der Waals surface area contributed by atoms with Crippen LogP contribution < -0.4 is 10.1 Å². The molecule has 1 aromatic rings. The molecule has 1 rings (SSSR count). The highest BCUT2D eigenvalue weighted by atomic mass is 16.5. The Labute approximate surface area is 102 Å². The maximum Gasteiger partial charge on any atom is 0.213 e. The molecule has 1 N–H and O–H groups in total. The smallest absolute Gasteiger partial charge is 0.213 e. The Morgan fingerprint density at radius 3 is 2.65 bits per heavy atom. The molecule has 0 amide bonds. The first-order valence-corrected chi connectivity index (χ1v) is 5.66. The van der Waals surface area contributed by atoms with Gasteiger partial charge in [-0.1, -0.05) is 6.07 Å². The van der Waals surface area contributed by atoms with Crippen LogP contribution in [0.25, 0.3) is 0 Å². The van der Waals surface area contributed by atoms with Gasteiger partial charge in [0.05, 0.1) is 19.8 Å². The first-order chi connectivity index (χ1) is 8.36. The van der Waals surface area contributed by atoms with E-state index in [0.717, 1.165) is 12.1 Å². The number of hydrogen-bond donors (Lipinski definition) is 1. The number of aromatic nitrogens is 1. The fourth-order valence-electron chi connectivity index (χ4n) is 1.25. The molecule has 0 aliphatic carbocycles. The van der Waals surface area contributed by atoms with Crippen LogP contribution in [0.1, 0.15) is 5.56 Å². The Hall–Kier alpha value is -1.17. The van der Waals surface area contributed by atoms with Gasteiger partial charge in [0, 0.05) is 25.9 Å². The lowest BCUT2D eigenvalue weighted by molar-refractivity contribution is 0.0537. The van der Waals surface area contributed by atoms with Crippen LogP contribution in [-0.4, -0.2) is 45.6 Å². The second-order valence-corrected chi connectivity index (χ2v) is 3.49. The molecule has 0 aliphatic heterocycles. The Morgan fingerprint density at radius 1 is 1.18 bits per heavy atom. The second-order valence-electron chi connectivity index (χ2n) is 3.49. The van der Waals surface area contributed by atoms with Gasteiger partial charge < -0.3 is 19.5 Å². The van der Waals surface area contributed by atoms with Crippen LogP contribution in [0.15, 0.2) is 18.3 Å². The molecular formula is C12H20N2O3. The molecule has 96 valence electrons. The van der Waals surface area contributed by atoms with Crippen molar-refractivity contribution >= 4 is 0 Å². The summed E-state index contributed by atoms with van der Waals surface area (Å²) in [6.07, 6.45) is 1.80. The van der Waals surface area contributed by atoms with Crippen molar-refractivity contribution < 1.29 is 14.2 Å². The van der Waals surface area contributed by atoms with Gasteiger partial charge in [0.25, 0.3) is 0 Å². The van der Waals surface area contributed by atoms with E-state index in [0.29, 0.717) is 32.3 Å². The molecule has 1 aromatic heterocycles. The van der Waals surface area contributed by atoms with Crippen molar-refractivity contribution in [1.29, 1.82) is 0 Å². The molecule has 5 heteroatoms. The molecule has 1 heterocycles. The maximum atomic E-state index is 5.42. The van der Waals surface area contributed by atoms with Crippen molar-refractivity contribution in [2.45, 2.75) is 6.54 Å². The van der Waals surface area contributed by atoms with E-state index in [9.17, 15) is 0 Å². The molecular weight excluding hydrogens is 220 g/mol. The standard InChI is InChI=1S/C12H20N2O3/c1-13-9-11-3-4-12(14-10-11)17-8-7-16-6-5-15-2/h3-4,10,13H,5-9H2,1-2H3. The highest BCUT2D eigenvalue weighted by molar-refractivity contribution is 5.17. The van der Waals surface area contributed by atoms with Gasteiger partial charge in [-0.15, -0.1) is 0 Å². The van der Waals surface area contributed by atoms with Crippen LogP contribution in [0.2, 0.25) is 0 Å². The average molecular weight is 240 g/mol. The Morgan fingerprint density at radius 2 is 2.00 bits per heavy atom. The second kappa shape index (κ2) is 8.92. The Bertz CT molecular complexity index is 290. The lowest BCUT2D eigenvalue weighted by atomic mass is 10.3. The van der Waals surface area contributed by atoms with Crippen LogP contribution >= 0.6 is 0 Å². The fraction of sp³-hybridized carbons (Fsp3) is 0.583. The zero-order chi connectivity index (χ0) is 12.3. The van der Waals surface area contributed by atoms with Gasteiger partial charge in [-0.25, -0.2) is 4.98 Å². The summed E-state index contributed by atoms with van der Waals surface area (Å²) in [7, 11) is 3.55. The van der Waals surface area contributed by atoms with Gasteiger partial charge in [-0.3, -0.25) is 0 Å². The number of hydrogen-bond acceptors (Lipinski definition) is 5. The highest BCUT2D eigenvalue weighted by Gasteiger charge is 1.96. The van der Waals surface area contributed by atoms with Crippen molar-refractivity contribution in [2.75, 3.05) is 40.6 Å². The molecule has 0 aromatic carbocycles. The van der Waals surface area contributed by atoms with Crippen molar-refractivity contribution in [2.24, 2.45) is 0 Å². The summed E-state index contributed by atoms with van der Waals surface area (Å²) < 4.78 is 15.6. The SMILES string of the molecule is CNCc1ccc(OCCOCCOC)nc1. The van der Waals surface area contributed by atoms with Gasteiger partial charge in [-0.2, -0.15) is 0 Å². The van der Waals surface area contributed by atoms with Crippen LogP contribution in [0.3, 0.4) is 0 Å². The number of methoxy groups -OCH3 is 1. The van der Waals surface area contributed by atoms with E-state index in [4.69, 9.17) is 14.2 Å². The molecule has 0 unspecified atom stereocenters. The first-order valence-electron chi connectivity index (χ1n) is 5.66. The first kappa shape index (κ1) is 13.9. The van der Waals surface area contributed by atoms with Gasteiger partial charge in [0.1, 0.15) is 6.61 Å². The molecule has 0 bridgehead atoms. The summed E-state index contributed by atoms with van der Waals surface area (Å²) in [5.74, 6) is 0.625. The van der Waals surface area contributed by atoms with E-state index < -0.39 is 0 Å². The normalized spacial score (nSPS) is 10.5. The van der Waals surface area contributed by atoms with E-state index in [1.54, 1.807) is 13.3 Å². The van der Waals surface area contributed by atoms with Gasteiger partial charge in [0.2, 0.25) is 5.88 Å². The van der Waals surface area contributed by atoms with Crippen LogP contribution in [0.4, 0.5) is 0 Å². The minimum Gasteiger partial charge on any atom is -0.475 e. The van der Waals surface area contributed by atoms with Crippen LogP contribution in [0.5, 0.6) is 5.88 Å². The largest absolute Gasteiger partial charge is 0.475 e. The number of pyridine rings is 1. The maximum absolute atomic E-state index is 5.42. The molecule has 0 saturated heterocycles. The van der Waals surface area contributed by atoms with E-state index in [2.05, 4.69) is 10.3 Å². The zero-order valence-corrected chi connectivity index (χ0v) is 10.4. The van der Waals surface area contributed by atoms with Crippen molar-refractivity contribution in [3.8, 4) is 5.88 Å². The molecule has 0 spiro atoms. The van der Waals surface area contributed by atoms with E-state index in [1.165, 1.54) is 0 Å². The van der Waals surface area contributed by atoms with E-state index in [-0.39, 0.29) is 0 Å². The summed E-state index contributed by atoms with van der Waals surface area (Å²) in [5, 5.41) is 3.06. The summed E-state index contributed by atoms with van der Waals surface area (Å²) >= 11 is 0. The lowest BCUT2D eigenvalue weighted by Crippen LogP contribution is -2.10. The number of nitrogens with one attached hydrogen (secondary N) is 1. The Balaban J connectivity index is 2.14. The highest BCUT2D eigenvalue weighted by Crippen LogP contribution is 2.07. The van der Waals surface area contributed by atoms with Gasteiger partial charge >= 0.3 is 0 Å². The minimum atomic E-state index is 0.502. The molecule has 17 heavy (non-hydrogen) atoms. The summed E-state index contributed by atoms with van der Waals surface area (Å²) in [4.78, 5) is 4.19. The van der Waals surface area contributed by atoms with Gasteiger partial charge in [0.15, 0.2) is 0 Å². The number of ether oxygens (including phenoxy) is 3. The average Bonchev–Trinajstić information content (AvgIpc) is 2.36. The predicted octanol–water partition coefficient (Wildman–Crippen LogP) is 0.843. The van der Waals surface area contributed by atoms with Gasteiger partial charge in [-0.05, 0) is 12.6 Å². The third kappa shape index (κ3) is 6.21. The summed E-state index contributed by atoms with van der Waals surface area (Å²) in [5.41, 5.74) is 1.14. The molecule has 0 atom stereocenters. The topological polar surface area (TPSA) is 52.6 Å². The third-order valence-corrected chi connectivity index (χ3v) is 2.09. The van der Waals surface area contributed by atoms with Crippen molar-refractivity contribution in [3.63, 3.8) is 0 Å². The fourth-order valence-corrected chi connectivity index (χ4v) is 1.25.